The maximum Gasteiger partial charge on any atom is 0.121 e. The predicted molar refractivity (Wildman–Crippen MR) is 86.0 cm³/mol. The van der Waals surface area contributed by atoms with Crippen molar-refractivity contribution in [2.24, 2.45) is 0 Å². The van der Waals surface area contributed by atoms with E-state index in [0.717, 1.165) is 25.4 Å². The third kappa shape index (κ3) is 3.57. The van der Waals surface area contributed by atoms with E-state index >= 15 is 0 Å². The van der Waals surface area contributed by atoms with Gasteiger partial charge in [0.25, 0.3) is 0 Å². The molecule has 0 aromatic heterocycles. The van der Waals surface area contributed by atoms with Crippen molar-refractivity contribution in [1.82, 2.24) is 10.2 Å². The lowest BCUT2D eigenvalue weighted by Crippen LogP contribution is -2.51. The van der Waals surface area contributed by atoms with Crippen LogP contribution < -0.4 is 10.1 Å². The first-order valence-electron chi connectivity index (χ1n) is 7.75. The van der Waals surface area contributed by atoms with Crippen molar-refractivity contribution in [3.63, 3.8) is 0 Å². The Morgan fingerprint density at radius 2 is 2.19 bits per heavy atom. The average molecular weight is 292 g/mol. The molecule has 118 valence electrons. The number of benzene rings is 1. The second kappa shape index (κ2) is 7.25. The summed E-state index contributed by atoms with van der Waals surface area (Å²) in [4.78, 5) is 2.53. The highest BCUT2D eigenvalue weighted by molar-refractivity contribution is 5.38. The van der Waals surface area contributed by atoms with Crippen LogP contribution in [0.1, 0.15) is 31.0 Å². The zero-order valence-electron chi connectivity index (χ0n) is 13.8. The first-order chi connectivity index (χ1) is 10.1. The lowest BCUT2D eigenvalue weighted by molar-refractivity contribution is -0.0815. The molecule has 21 heavy (non-hydrogen) atoms. The Morgan fingerprint density at radius 1 is 1.43 bits per heavy atom. The van der Waals surface area contributed by atoms with Crippen molar-refractivity contribution < 1.29 is 9.47 Å². The van der Waals surface area contributed by atoms with E-state index in [0.29, 0.717) is 6.04 Å². The van der Waals surface area contributed by atoms with Crippen LogP contribution in [0.3, 0.4) is 0 Å². The minimum Gasteiger partial charge on any atom is -0.496 e. The largest absolute Gasteiger partial charge is 0.496 e. The molecule has 1 aromatic rings. The van der Waals surface area contributed by atoms with Crippen LogP contribution in [0.2, 0.25) is 0 Å². The quantitative estimate of drug-likeness (QED) is 0.903. The van der Waals surface area contributed by atoms with E-state index in [2.05, 4.69) is 49.2 Å². The summed E-state index contributed by atoms with van der Waals surface area (Å²) in [6.45, 7) is 9.25. The number of morpholine rings is 1. The van der Waals surface area contributed by atoms with E-state index in [-0.39, 0.29) is 12.1 Å². The van der Waals surface area contributed by atoms with Crippen LogP contribution in [0.4, 0.5) is 0 Å². The molecule has 0 radical (unpaired) electrons. The molecule has 0 saturated carbocycles. The number of hydrogen-bond donors (Lipinski definition) is 1. The molecule has 0 spiro atoms. The fourth-order valence-corrected chi connectivity index (χ4v) is 3.20. The van der Waals surface area contributed by atoms with Gasteiger partial charge in [0.2, 0.25) is 0 Å². The lowest BCUT2D eigenvalue weighted by atomic mass is 9.95. The SMILES string of the molecule is CNCC1OCCN(C(C)C)C1c1ccc(OC)c(C)c1. The minimum atomic E-state index is 0.180. The number of nitrogens with one attached hydrogen (secondary N) is 1. The van der Waals surface area contributed by atoms with Crippen LogP contribution in [0, 0.1) is 6.92 Å². The molecule has 2 unspecified atom stereocenters. The van der Waals surface area contributed by atoms with Crippen LogP contribution in [0.15, 0.2) is 18.2 Å². The first-order valence-corrected chi connectivity index (χ1v) is 7.75. The zero-order chi connectivity index (χ0) is 15.4. The molecule has 1 heterocycles. The number of hydrogen-bond acceptors (Lipinski definition) is 4. The first kappa shape index (κ1) is 16.3. The maximum atomic E-state index is 6.03. The van der Waals surface area contributed by atoms with Crippen LogP contribution >= 0.6 is 0 Å². The Labute approximate surface area is 128 Å². The number of aryl methyl sites for hydroxylation is 1. The van der Waals surface area contributed by atoms with E-state index in [1.165, 1.54) is 11.1 Å². The molecular weight excluding hydrogens is 264 g/mol. The van der Waals surface area contributed by atoms with Crippen LogP contribution in [-0.2, 0) is 4.74 Å². The van der Waals surface area contributed by atoms with E-state index in [4.69, 9.17) is 9.47 Å². The number of methoxy groups -OCH3 is 1. The summed E-state index contributed by atoms with van der Waals surface area (Å²) in [5.41, 5.74) is 2.48. The van der Waals surface area contributed by atoms with Crippen LogP contribution in [-0.4, -0.2) is 50.9 Å². The normalized spacial score (nSPS) is 23.5. The summed E-state index contributed by atoms with van der Waals surface area (Å²) < 4.78 is 11.4. The van der Waals surface area contributed by atoms with Gasteiger partial charge in [-0.05, 0) is 45.0 Å². The molecule has 0 aliphatic carbocycles. The summed E-state index contributed by atoms with van der Waals surface area (Å²) in [5.74, 6) is 0.941. The molecule has 0 amide bonds. The summed E-state index contributed by atoms with van der Waals surface area (Å²) in [7, 11) is 3.70. The topological polar surface area (TPSA) is 33.7 Å². The summed E-state index contributed by atoms with van der Waals surface area (Å²) in [6, 6.07) is 7.25. The van der Waals surface area contributed by atoms with E-state index < -0.39 is 0 Å². The van der Waals surface area contributed by atoms with Gasteiger partial charge in [-0.25, -0.2) is 0 Å². The molecule has 1 saturated heterocycles. The van der Waals surface area contributed by atoms with Gasteiger partial charge in [-0.15, -0.1) is 0 Å². The highest BCUT2D eigenvalue weighted by atomic mass is 16.5. The van der Waals surface area contributed by atoms with Gasteiger partial charge < -0.3 is 14.8 Å². The van der Waals surface area contributed by atoms with Gasteiger partial charge in [0, 0.05) is 19.1 Å². The highest BCUT2D eigenvalue weighted by Crippen LogP contribution is 2.33. The van der Waals surface area contributed by atoms with E-state index in [1.54, 1.807) is 7.11 Å². The van der Waals surface area contributed by atoms with Crippen molar-refractivity contribution in [3.05, 3.63) is 29.3 Å². The fourth-order valence-electron chi connectivity index (χ4n) is 3.20. The average Bonchev–Trinajstić information content (AvgIpc) is 2.47. The second-order valence-corrected chi connectivity index (χ2v) is 5.97. The number of nitrogens with zero attached hydrogens (tertiary/aromatic N) is 1. The number of rotatable bonds is 5. The third-order valence-corrected chi connectivity index (χ3v) is 4.22. The van der Waals surface area contributed by atoms with E-state index in [9.17, 15) is 0 Å². The predicted octanol–water partition coefficient (Wildman–Crippen LogP) is 2.37. The Kier molecular flexibility index (Phi) is 5.62. The molecule has 1 aliphatic rings. The molecular formula is C17H28N2O2. The van der Waals surface area contributed by atoms with Gasteiger partial charge in [0.1, 0.15) is 5.75 Å². The molecule has 1 aromatic carbocycles. The molecule has 1 fully saturated rings. The monoisotopic (exact) mass is 292 g/mol. The van der Waals surface area contributed by atoms with Gasteiger partial charge in [-0.3, -0.25) is 4.90 Å². The lowest BCUT2D eigenvalue weighted by Gasteiger charge is -2.44. The number of ether oxygens (including phenoxy) is 2. The smallest absolute Gasteiger partial charge is 0.121 e. The van der Waals surface area contributed by atoms with E-state index in [1.807, 2.05) is 7.05 Å². The number of likely N-dealkylation sites (N-methyl/N-ethyl adjacent to an activating group) is 1. The summed E-state index contributed by atoms with van der Waals surface area (Å²) >= 11 is 0. The van der Waals surface area contributed by atoms with Gasteiger partial charge in [-0.2, -0.15) is 0 Å². The van der Waals surface area contributed by atoms with Crippen molar-refractivity contribution in [3.8, 4) is 5.75 Å². The zero-order valence-corrected chi connectivity index (χ0v) is 13.8. The van der Waals surface area contributed by atoms with Crippen molar-refractivity contribution in [1.29, 1.82) is 0 Å². The Balaban J connectivity index is 2.34. The van der Waals surface area contributed by atoms with Crippen molar-refractivity contribution in [2.75, 3.05) is 33.9 Å². The maximum absolute atomic E-state index is 6.03. The standard InChI is InChI=1S/C17H28N2O2/c1-12(2)19-8-9-21-16(11-18-4)17(19)14-6-7-15(20-5)13(3)10-14/h6-7,10,12,16-18H,8-9,11H2,1-5H3. The van der Waals surface area contributed by atoms with Gasteiger partial charge in [0.05, 0.1) is 25.9 Å². The molecule has 1 aliphatic heterocycles. The minimum absolute atomic E-state index is 0.180. The Hall–Kier alpha value is -1.10. The van der Waals surface area contributed by atoms with Crippen molar-refractivity contribution >= 4 is 0 Å². The molecule has 4 heteroatoms. The fraction of sp³-hybridized carbons (Fsp3) is 0.647. The molecule has 0 bridgehead atoms. The summed E-state index contributed by atoms with van der Waals surface area (Å²) in [6.07, 6.45) is 0.180. The van der Waals surface area contributed by atoms with Gasteiger partial charge in [-0.1, -0.05) is 12.1 Å². The molecule has 1 N–H and O–H groups in total. The summed E-state index contributed by atoms with van der Waals surface area (Å²) in [5, 5.41) is 3.26. The third-order valence-electron chi connectivity index (χ3n) is 4.22. The van der Waals surface area contributed by atoms with Crippen LogP contribution in [0.5, 0.6) is 5.75 Å². The Morgan fingerprint density at radius 3 is 2.76 bits per heavy atom. The molecule has 2 rings (SSSR count). The molecule has 4 nitrogen and oxygen atoms in total. The van der Waals surface area contributed by atoms with Gasteiger partial charge >= 0.3 is 0 Å². The molecule has 2 atom stereocenters. The second-order valence-electron chi connectivity index (χ2n) is 5.97. The van der Waals surface area contributed by atoms with Gasteiger partial charge in [0.15, 0.2) is 0 Å². The highest BCUT2D eigenvalue weighted by Gasteiger charge is 2.34. The van der Waals surface area contributed by atoms with Crippen LogP contribution in [0.25, 0.3) is 0 Å². The Bertz CT molecular complexity index is 460. The van der Waals surface area contributed by atoms with Crippen molar-refractivity contribution in [2.45, 2.75) is 39.0 Å².